The first-order valence-corrected chi connectivity index (χ1v) is 6.75. The summed E-state index contributed by atoms with van der Waals surface area (Å²) >= 11 is 0. The van der Waals surface area contributed by atoms with E-state index in [1.54, 1.807) is 0 Å². The number of rotatable bonds is 2. The monoisotopic (exact) mass is 243 g/mol. The van der Waals surface area contributed by atoms with Gasteiger partial charge in [0.15, 0.2) is 5.82 Å². The van der Waals surface area contributed by atoms with E-state index < -0.39 is 0 Å². The maximum atomic E-state index is 9.44. The number of aromatic nitrogens is 3. The lowest BCUT2D eigenvalue weighted by Gasteiger charge is -2.19. The molecule has 0 unspecified atom stereocenters. The maximum absolute atomic E-state index is 9.44. The molecule has 3 heterocycles. The molecule has 0 aromatic carbocycles. The zero-order valence-corrected chi connectivity index (χ0v) is 10.5. The minimum Gasteiger partial charge on any atom is -0.314 e. The maximum Gasteiger partial charge on any atom is 0.156 e. The SMILES string of the molecule is N#C[C@H](C1=NCCCC1)c1nnc2n1CCCC2. The first-order chi connectivity index (χ1) is 8.90. The van der Waals surface area contributed by atoms with Gasteiger partial charge in [-0.1, -0.05) is 0 Å². The van der Waals surface area contributed by atoms with Crippen LogP contribution in [-0.2, 0) is 13.0 Å². The summed E-state index contributed by atoms with van der Waals surface area (Å²) in [6.07, 6.45) is 6.52. The van der Waals surface area contributed by atoms with E-state index in [1.807, 2.05) is 0 Å². The fourth-order valence-electron chi connectivity index (χ4n) is 2.78. The van der Waals surface area contributed by atoms with Crippen molar-refractivity contribution in [2.45, 2.75) is 51.0 Å². The lowest BCUT2D eigenvalue weighted by atomic mass is 9.96. The standard InChI is InChI=1S/C13H17N5/c14-9-10(11-5-1-3-7-15-11)13-17-16-12-6-2-4-8-18(12)13/h10H,1-8H2/t10-/m1/s1. The average molecular weight is 243 g/mol. The van der Waals surface area contributed by atoms with E-state index in [2.05, 4.69) is 25.8 Å². The highest BCUT2D eigenvalue weighted by atomic mass is 15.3. The van der Waals surface area contributed by atoms with Gasteiger partial charge >= 0.3 is 0 Å². The first-order valence-electron chi connectivity index (χ1n) is 6.75. The third-order valence-corrected chi connectivity index (χ3v) is 3.76. The Morgan fingerprint density at radius 2 is 2.00 bits per heavy atom. The summed E-state index contributed by atoms with van der Waals surface area (Å²) in [5.74, 6) is 1.56. The van der Waals surface area contributed by atoms with Crippen LogP contribution in [-0.4, -0.2) is 27.0 Å². The van der Waals surface area contributed by atoms with E-state index >= 15 is 0 Å². The molecule has 0 amide bonds. The number of aliphatic imine (C=N–C) groups is 1. The average Bonchev–Trinajstić information content (AvgIpc) is 2.85. The zero-order chi connectivity index (χ0) is 12.4. The van der Waals surface area contributed by atoms with Crippen LogP contribution >= 0.6 is 0 Å². The predicted molar refractivity (Wildman–Crippen MR) is 67.5 cm³/mol. The second-order valence-electron chi connectivity index (χ2n) is 4.98. The summed E-state index contributed by atoms with van der Waals surface area (Å²) in [4.78, 5) is 4.52. The third kappa shape index (κ3) is 1.92. The van der Waals surface area contributed by atoms with Gasteiger partial charge in [-0.3, -0.25) is 4.99 Å². The zero-order valence-electron chi connectivity index (χ0n) is 10.5. The Morgan fingerprint density at radius 1 is 1.11 bits per heavy atom. The van der Waals surface area contributed by atoms with Gasteiger partial charge in [-0.2, -0.15) is 5.26 Å². The lowest BCUT2D eigenvalue weighted by Crippen LogP contribution is -2.21. The molecule has 0 fully saturated rings. The van der Waals surface area contributed by atoms with Crippen molar-refractivity contribution in [3.8, 4) is 6.07 Å². The number of aryl methyl sites for hydroxylation is 1. The van der Waals surface area contributed by atoms with Gasteiger partial charge in [-0.25, -0.2) is 0 Å². The van der Waals surface area contributed by atoms with E-state index in [-0.39, 0.29) is 5.92 Å². The quantitative estimate of drug-likeness (QED) is 0.796. The number of hydrogen-bond acceptors (Lipinski definition) is 4. The number of nitrogens with zero attached hydrogens (tertiary/aromatic N) is 5. The van der Waals surface area contributed by atoms with Gasteiger partial charge in [0.05, 0.1) is 6.07 Å². The molecule has 18 heavy (non-hydrogen) atoms. The molecule has 5 heteroatoms. The van der Waals surface area contributed by atoms with Gasteiger partial charge in [0, 0.05) is 25.2 Å². The molecular formula is C13H17N5. The molecule has 0 radical (unpaired) electrons. The minimum absolute atomic E-state index is 0.287. The minimum atomic E-state index is -0.287. The van der Waals surface area contributed by atoms with Crippen molar-refractivity contribution in [2.75, 3.05) is 6.54 Å². The van der Waals surface area contributed by atoms with Crippen LogP contribution in [0.15, 0.2) is 4.99 Å². The fraction of sp³-hybridized carbons (Fsp3) is 0.692. The normalized spacial score (nSPS) is 20.7. The summed E-state index contributed by atoms with van der Waals surface area (Å²) in [7, 11) is 0. The Kier molecular flexibility index (Phi) is 3.09. The highest BCUT2D eigenvalue weighted by Gasteiger charge is 2.27. The van der Waals surface area contributed by atoms with Crippen LogP contribution in [0.4, 0.5) is 0 Å². The Labute approximate surface area is 107 Å². The molecule has 2 aliphatic rings. The molecule has 1 aromatic rings. The second kappa shape index (κ2) is 4.89. The van der Waals surface area contributed by atoms with Crippen LogP contribution in [0.2, 0.25) is 0 Å². The van der Waals surface area contributed by atoms with Crippen molar-refractivity contribution in [1.29, 1.82) is 5.26 Å². The molecule has 5 nitrogen and oxygen atoms in total. The summed E-state index contributed by atoms with van der Waals surface area (Å²) in [6, 6.07) is 2.37. The van der Waals surface area contributed by atoms with Crippen LogP contribution in [0.25, 0.3) is 0 Å². The van der Waals surface area contributed by atoms with E-state index in [4.69, 9.17) is 0 Å². The van der Waals surface area contributed by atoms with Crippen molar-refractivity contribution >= 4 is 5.71 Å². The number of fused-ring (bicyclic) bond motifs is 1. The first kappa shape index (κ1) is 11.4. The molecule has 1 atom stereocenters. The number of hydrogen-bond donors (Lipinski definition) is 0. The van der Waals surface area contributed by atoms with Gasteiger partial charge in [0.25, 0.3) is 0 Å². The van der Waals surface area contributed by atoms with Gasteiger partial charge in [-0.05, 0) is 32.1 Å². The molecule has 0 saturated heterocycles. The van der Waals surface area contributed by atoms with E-state index in [0.717, 1.165) is 62.6 Å². The molecule has 0 saturated carbocycles. The smallest absolute Gasteiger partial charge is 0.156 e. The van der Waals surface area contributed by atoms with Crippen molar-refractivity contribution in [1.82, 2.24) is 14.8 Å². The molecule has 94 valence electrons. The molecule has 1 aromatic heterocycles. The molecule has 3 rings (SSSR count). The van der Waals surface area contributed by atoms with Gasteiger partial charge in [-0.15, -0.1) is 10.2 Å². The van der Waals surface area contributed by atoms with E-state index in [1.165, 1.54) is 6.42 Å². The molecule has 0 bridgehead atoms. The largest absolute Gasteiger partial charge is 0.314 e. The Bertz CT molecular complexity index is 508. The predicted octanol–water partition coefficient (Wildman–Crippen LogP) is 1.85. The topological polar surface area (TPSA) is 66.9 Å². The van der Waals surface area contributed by atoms with Gasteiger partial charge < -0.3 is 4.57 Å². The fourth-order valence-corrected chi connectivity index (χ4v) is 2.78. The van der Waals surface area contributed by atoms with Gasteiger partial charge in [0.1, 0.15) is 11.7 Å². The third-order valence-electron chi connectivity index (χ3n) is 3.76. The number of nitriles is 1. The Hall–Kier alpha value is -1.70. The molecule has 0 N–H and O–H groups in total. The van der Waals surface area contributed by atoms with Crippen LogP contribution in [0.5, 0.6) is 0 Å². The van der Waals surface area contributed by atoms with Crippen molar-refractivity contribution in [3.05, 3.63) is 11.6 Å². The van der Waals surface area contributed by atoms with Crippen molar-refractivity contribution < 1.29 is 0 Å². The summed E-state index contributed by atoms with van der Waals surface area (Å²) in [5.41, 5.74) is 1.00. The van der Waals surface area contributed by atoms with E-state index in [9.17, 15) is 5.26 Å². The second-order valence-corrected chi connectivity index (χ2v) is 4.98. The molecular weight excluding hydrogens is 226 g/mol. The van der Waals surface area contributed by atoms with Crippen molar-refractivity contribution in [3.63, 3.8) is 0 Å². The van der Waals surface area contributed by atoms with Crippen LogP contribution in [0.3, 0.4) is 0 Å². The lowest BCUT2D eigenvalue weighted by molar-refractivity contribution is 0.508. The summed E-state index contributed by atoms with van der Waals surface area (Å²) in [5, 5.41) is 17.9. The van der Waals surface area contributed by atoms with Crippen LogP contribution < -0.4 is 0 Å². The summed E-state index contributed by atoms with van der Waals surface area (Å²) < 4.78 is 2.13. The van der Waals surface area contributed by atoms with E-state index in [0.29, 0.717) is 0 Å². The summed E-state index contributed by atoms with van der Waals surface area (Å²) in [6.45, 7) is 1.80. The molecule has 0 aliphatic carbocycles. The van der Waals surface area contributed by atoms with Crippen LogP contribution in [0.1, 0.15) is 49.7 Å². The van der Waals surface area contributed by atoms with Gasteiger partial charge in [0.2, 0.25) is 0 Å². The van der Waals surface area contributed by atoms with Crippen LogP contribution in [0, 0.1) is 11.3 Å². The molecule has 0 spiro atoms. The highest BCUT2D eigenvalue weighted by molar-refractivity contribution is 5.93. The highest BCUT2D eigenvalue weighted by Crippen LogP contribution is 2.24. The Morgan fingerprint density at radius 3 is 2.78 bits per heavy atom. The van der Waals surface area contributed by atoms with Crippen molar-refractivity contribution in [2.24, 2.45) is 4.99 Å². The molecule has 2 aliphatic heterocycles. The Balaban J connectivity index is 1.94.